The highest BCUT2D eigenvalue weighted by Crippen LogP contribution is 2.27. The van der Waals surface area contributed by atoms with E-state index in [0.29, 0.717) is 28.1 Å². The van der Waals surface area contributed by atoms with Crippen molar-refractivity contribution >= 4 is 40.9 Å². The first kappa shape index (κ1) is 26.5. The molecule has 0 spiro atoms. The molecule has 0 aliphatic carbocycles. The van der Waals surface area contributed by atoms with Gasteiger partial charge >= 0.3 is 0 Å². The van der Waals surface area contributed by atoms with Crippen LogP contribution < -0.4 is 10.6 Å². The molecule has 3 aromatic rings. The maximum absolute atomic E-state index is 12.9. The van der Waals surface area contributed by atoms with Crippen LogP contribution in [0, 0.1) is 19.8 Å². The SMILES string of the molecule is C=CCn1c(SCC(=O)Nc2c(C)cccc2C)nnc1[C@@H](NC(=O)c1ccccc1Cl)C(C)C. The lowest BCUT2D eigenvalue weighted by molar-refractivity contribution is -0.113. The molecule has 1 atom stereocenters. The van der Waals surface area contributed by atoms with Crippen LogP contribution in [0.5, 0.6) is 0 Å². The molecule has 0 aliphatic heterocycles. The predicted molar refractivity (Wildman–Crippen MR) is 142 cm³/mol. The number of para-hydroxylation sites is 1. The van der Waals surface area contributed by atoms with Gasteiger partial charge in [-0.15, -0.1) is 16.8 Å². The molecule has 0 saturated carbocycles. The van der Waals surface area contributed by atoms with Gasteiger partial charge in [0.2, 0.25) is 5.91 Å². The normalized spacial score (nSPS) is 11.8. The molecule has 0 radical (unpaired) electrons. The summed E-state index contributed by atoms with van der Waals surface area (Å²) in [5.74, 6) is 0.373. The van der Waals surface area contributed by atoms with Gasteiger partial charge in [0.1, 0.15) is 0 Å². The summed E-state index contributed by atoms with van der Waals surface area (Å²) in [6, 6.07) is 12.4. The molecule has 7 nitrogen and oxygen atoms in total. The van der Waals surface area contributed by atoms with E-state index in [1.165, 1.54) is 11.8 Å². The van der Waals surface area contributed by atoms with Crippen LogP contribution in [0.2, 0.25) is 5.02 Å². The lowest BCUT2D eigenvalue weighted by Crippen LogP contribution is -2.34. The fourth-order valence-corrected chi connectivity index (χ4v) is 4.62. The molecule has 0 unspecified atom stereocenters. The molecular formula is C26H30ClN5O2S. The minimum absolute atomic E-state index is 0.0272. The molecule has 2 N–H and O–H groups in total. The summed E-state index contributed by atoms with van der Waals surface area (Å²) in [7, 11) is 0. The number of aromatic nitrogens is 3. The molecule has 0 fully saturated rings. The van der Waals surface area contributed by atoms with Gasteiger partial charge < -0.3 is 15.2 Å². The highest BCUT2D eigenvalue weighted by Gasteiger charge is 2.27. The quantitative estimate of drug-likeness (QED) is 0.273. The number of benzene rings is 2. The Hall–Kier alpha value is -3.10. The van der Waals surface area contributed by atoms with Crippen molar-refractivity contribution in [2.24, 2.45) is 5.92 Å². The van der Waals surface area contributed by atoms with Gasteiger partial charge in [-0.25, -0.2) is 0 Å². The van der Waals surface area contributed by atoms with Crippen molar-refractivity contribution in [3.63, 3.8) is 0 Å². The van der Waals surface area contributed by atoms with Crippen molar-refractivity contribution in [3.8, 4) is 0 Å². The van der Waals surface area contributed by atoms with E-state index in [9.17, 15) is 9.59 Å². The Morgan fingerprint density at radius 1 is 1.11 bits per heavy atom. The lowest BCUT2D eigenvalue weighted by atomic mass is 10.0. The van der Waals surface area contributed by atoms with E-state index in [0.717, 1.165) is 16.8 Å². The summed E-state index contributed by atoms with van der Waals surface area (Å²) in [4.78, 5) is 25.6. The lowest BCUT2D eigenvalue weighted by Gasteiger charge is -2.23. The fraction of sp³-hybridized carbons (Fsp3) is 0.308. The average Bonchev–Trinajstić information content (AvgIpc) is 3.21. The van der Waals surface area contributed by atoms with Crippen LogP contribution in [0.15, 0.2) is 60.3 Å². The molecule has 0 saturated heterocycles. The fourth-order valence-electron chi connectivity index (χ4n) is 3.65. The first-order valence-electron chi connectivity index (χ1n) is 11.3. The molecule has 2 aromatic carbocycles. The van der Waals surface area contributed by atoms with Gasteiger partial charge in [-0.1, -0.05) is 73.6 Å². The van der Waals surface area contributed by atoms with E-state index < -0.39 is 6.04 Å². The number of nitrogens with zero attached hydrogens (tertiary/aromatic N) is 3. The number of aryl methyl sites for hydroxylation is 2. The van der Waals surface area contributed by atoms with E-state index in [-0.39, 0.29) is 23.5 Å². The molecular weight excluding hydrogens is 482 g/mol. The molecule has 0 aliphatic rings. The second-order valence-corrected chi connectivity index (χ2v) is 9.87. The molecule has 35 heavy (non-hydrogen) atoms. The highest BCUT2D eigenvalue weighted by molar-refractivity contribution is 7.99. The maximum atomic E-state index is 12.9. The van der Waals surface area contributed by atoms with Crippen LogP contribution in [0.25, 0.3) is 0 Å². The van der Waals surface area contributed by atoms with Gasteiger partial charge in [0, 0.05) is 12.2 Å². The van der Waals surface area contributed by atoms with Crippen molar-refractivity contribution < 1.29 is 9.59 Å². The summed E-state index contributed by atoms with van der Waals surface area (Å²) in [5, 5.41) is 15.7. The van der Waals surface area contributed by atoms with Crippen LogP contribution in [0.4, 0.5) is 5.69 Å². The Bertz CT molecular complexity index is 1200. The third-order valence-electron chi connectivity index (χ3n) is 5.48. The molecule has 3 rings (SSSR count). The molecule has 1 heterocycles. The van der Waals surface area contributed by atoms with E-state index in [2.05, 4.69) is 27.4 Å². The topological polar surface area (TPSA) is 88.9 Å². The number of nitrogens with one attached hydrogen (secondary N) is 2. The Kier molecular flexibility index (Phi) is 9.12. The smallest absolute Gasteiger partial charge is 0.253 e. The second kappa shape index (κ2) is 12.0. The number of allylic oxidation sites excluding steroid dienone is 1. The van der Waals surface area contributed by atoms with Gasteiger partial charge in [0.15, 0.2) is 11.0 Å². The zero-order valence-corrected chi connectivity index (χ0v) is 21.9. The molecule has 184 valence electrons. The van der Waals surface area contributed by atoms with Crippen LogP contribution in [-0.2, 0) is 11.3 Å². The number of carbonyl (C=O) groups is 2. The van der Waals surface area contributed by atoms with E-state index in [4.69, 9.17) is 11.6 Å². The maximum Gasteiger partial charge on any atom is 0.253 e. The minimum atomic E-state index is -0.413. The van der Waals surface area contributed by atoms with Crippen molar-refractivity contribution in [3.05, 3.63) is 82.7 Å². The van der Waals surface area contributed by atoms with Crippen molar-refractivity contribution in [1.82, 2.24) is 20.1 Å². The average molecular weight is 512 g/mol. The number of anilines is 1. The first-order chi connectivity index (χ1) is 16.7. The van der Waals surface area contributed by atoms with E-state index in [1.54, 1.807) is 30.3 Å². The largest absolute Gasteiger partial charge is 0.342 e. The third kappa shape index (κ3) is 6.52. The zero-order valence-electron chi connectivity index (χ0n) is 20.3. The van der Waals surface area contributed by atoms with Crippen molar-refractivity contribution in [2.75, 3.05) is 11.1 Å². The molecule has 9 heteroatoms. The second-order valence-electron chi connectivity index (χ2n) is 8.52. The number of carbonyl (C=O) groups excluding carboxylic acids is 2. The Balaban J connectivity index is 1.78. The number of hydrogen-bond acceptors (Lipinski definition) is 5. The van der Waals surface area contributed by atoms with Gasteiger partial charge in [0.25, 0.3) is 5.91 Å². The van der Waals surface area contributed by atoms with E-state index >= 15 is 0 Å². The Morgan fingerprint density at radius 2 is 1.80 bits per heavy atom. The van der Waals surface area contributed by atoms with Gasteiger partial charge in [-0.05, 0) is 43.0 Å². The number of hydrogen-bond donors (Lipinski definition) is 2. The van der Waals surface area contributed by atoms with Crippen LogP contribution in [0.3, 0.4) is 0 Å². The molecule has 2 amide bonds. The number of halogens is 1. The van der Waals surface area contributed by atoms with Crippen LogP contribution in [-0.4, -0.2) is 32.3 Å². The number of amides is 2. The van der Waals surface area contributed by atoms with Crippen molar-refractivity contribution in [1.29, 1.82) is 0 Å². The van der Waals surface area contributed by atoms with Gasteiger partial charge in [-0.3, -0.25) is 9.59 Å². The Morgan fingerprint density at radius 3 is 2.43 bits per heavy atom. The van der Waals surface area contributed by atoms with E-state index in [1.807, 2.05) is 50.5 Å². The highest BCUT2D eigenvalue weighted by atomic mass is 35.5. The Labute approximate surface area is 215 Å². The number of rotatable bonds is 10. The zero-order chi connectivity index (χ0) is 25.5. The minimum Gasteiger partial charge on any atom is -0.342 e. The number of thioether (sulfide) groups is 1. The standard InChI is InChI=1S/C26H30ClN5O2S/c1-6-14-32-24(22(16(2)3)29-25(34)19-12-7-8-13-20(19)27)30-31-26(32)35-15-21(33)28-23-17(4)10-9-11-18(23)5/h6-13,16,22H,1,14-15H2,2-5H3,(H,28,33)(H,29,34)/t22-/m0/s1. The first-order valence-corrected chi connectivity index (χ1v) is 12.7. The van der Waals surface area contributed by atoms with Gasteiger partial charge in [-0.2, -0.15) is 0 Å². The molecule has 1 aromatic heterocycles. The summed E-state index contributed by atoms with van der Waals surface area (Å²) in [6.45, 7) is 12.2. The summed E-state index contributed by atoms with van der Waals surface area (Å²) in [6.07, 6.45) is 1.74. The summed E-state index contributed by atoms with van der Waals surface area (Å²) in [5.41, 5.74) is 3.24. The third-order valence-corrected chi connectivity index (χ3v) is 6.78. The summed E-state index contributed by atoms with van der Waals surface area (Å²) >= 11 is 7.50. The van der Waals surface area contributed by atoms with Crippen molar-refractivity contribution in [2.45, 2.75) is 45.4 Å². The summed E-state index contributed by atoms with van der Waals surface area (Å²) < 4.78 is 1.88. The van der Waals surface area contributed by atoms with Gasteiger partial charge in [0.05, 0.1) is 22.4 Å². The monoisotopic (exact) mass is 511 g/mol. The van der Waals surface area contributed by atoms with Crippen LogP contribution >= 0.6 is 23.4 Å². The predicted octanol–water partition coefficient (Wildman–Crippen LogP) is 5.59. The van der Waals surface area contributed by atoms with Crippen LogP contribution in [0.1, 0.15) is 47.2 Å². The molecule has 0 bridgehead atoms.